The number of carbonyl (C=O) groups is 1. The standard InChI is InChI=1S/C24H27F3N6OS/c1-17-2-4-18(5-3-17)16-21-30-23(35-31-21)33-14-12-32(13-15-33)11-10-28-22(34)29-20-8-6-19(7-9-20)24(25,26)27/h2-9H,10-16H2,1H3,(H2,28,29,34). The van der Waals surface area contributed by atoms with E-state index in [9.17, 15) is 18.0 Å². The van der Waals surface area contributed by atoms with Crippen molar-refractivity contribution in [2.45, 2.75) is 19.5 Å². The van der Waals surface area contributed by atoms with Gasteiger partial charge in [-0.05, 0) is 36.8 Å². The average Bonchev–Trinajstić information content (AvgIpc) is 3.29. The Kier molecular flexibility index (Phi) is 7.86. The van der Waals surface area contributed by atoms with Crippen LogP contribution in [0.5, 0.6) is 0 Å². The average molecular weight is 505 g/mol. The zero-order chi connectivity index (χ0) is 24.8. The zero-order valence-electron chi connectivity index (χ0n) is 19.3. The topological polar surface area (TPSA) is 73.4 Å². The molecule has 1 fully saturated rings. The van der Waals surface area contributed by atoms with E-state index in [0.717, 1.165) is 55.7 Å². The molecular formula is C24H27F3N6OS. The second-order valence-corrected chi connectivity index (χ2v) is 9.17. The fraction of sp³-hybridized carbons (Fsp3) is 0.375. The first kappa shape index (κ1) is 24.9. The van der Waals surface area contributed by atoms with Gasteiger partial charge in [-0.15, -0.1) is 0 Å². The summed E-state index contributed by atoms with van der Waals surface area (Å²) in [4.78, 5) is 21.2. The van der Waals surface area contributed by atoms with Gasteiger partial charge in [-0.25, -0.2) is 9.78 Å². The van der Waals surface area contributed by atoms with Crippen LogP contribution in [0.25, 0.3) is 0 Å². The first-order valence-corrected chi connectivity index (χ1v) is 12.1. The number of anilines is 2. The van der Waals surface area contributed by atoms with E-state index < -0.39 is 17.8 Å². The van der Waals surface area contributed by atoms with E-state index >= 15 is 0 Å². The van der Waals surface area contributed by atoms with Crippen molar-refractivity contribution in [2.75, 3.05) is 49.5 Å². The normalized spacial score (nSPS) is 14.7. The monoisotopic (exact) mass is 504 g/mol. The van der Waals surface area contributed by atoms with Crippen LogP contribution in [0.1, 0.15) is 22.5 Å². The summed E-state index contributed by atoms with van der Waals surface area (Å²) in [5, 5.41) is 6.23. The molecule has 2 aromatic carbocycles. The molecule has 11 heteroatoms. The van der Waals surface area contributed by atoms with E-state index in [2.05, 4.69) is 56.0 Å². The maximum atomic E-state index is 12.6. The van der Waals surface area contributed by atoms with Crippen molar-refractivity contribution >= 4 is 28.4 Å². The van der Waals surface area contributed by atoms with E-state index in [0.29, 0.717) is 18.8 Å². The number of benzene rings is 2. The molecule has 0 unspecified atom stereocenters. The van der Waals surface area contributed by atoms with E-state index in [1.807, 2.05) is 0 Å². The second kappa shape index (κ2) is 11.0. The molecule has 0 radical (unpaired) electrons. The molecule has 186 valence electrons. The summed E-state index contributed by atoms with van der Waals surface area (Å²) in [5.74, 6) is 0.833. The van der Waals surface area contributed by atoms with Crippen molar-refractivity contribution in [2.24, 2.45) is 0 Å². The lowest BCUT2D eigenvalue weighted by molar-refractivity contribution is -0.137. The lowest BCUT2D eigenvalue weighted by atomic mass is 10.1. The number of piperazine rings is 1. The van der Waals surface area contributed by atoms with Gasteiger partial charge in [-0.2, -0.15) is 17.5 Å². The summed E-state index contributed by atoms with van der Waals surface area (Å²) in [6.45, 7) is 6.53. The van der Waals surface area contributed by atoms with Crippen LogP contribution in [-0.2, 0) is 12.6 Å². The molecular weight excluding hydrogens is 477 g/mol. The van der Waals surface area contributed by atoms with Gasteiger partial charge < -0.3 is 15.5 Å². The van der Waals surface area contributed by atoms with Gasteiger partial charge in [0, 0.05) is 62.9 Å². The fourth-order valence-electron chi connectivity index (χ4n) is 3.74. The summed E-state index contributed by atoms with van der Waals surface area (Å²) in [5.41, 5.74) is 1.98. The van der Waals surface area contributed by atoms with Gasteiger partial charge in [0.2, 0.25) is 5.13 Å². The summed E-state index contributed by atoms with van der Waals surface area (Å²) < 4.78 is 42.4. The number of urea groups is 1. The molecule has 0 saturated carbocycles. The Labute approximate surface area is 206 Å². The van der Waals surface area contributed by atoms with Crippen LogP contribution in [0.4, 0.5) is 28.8 Å². The number of nitrogens with one attached hydrogen (secondary N) is 2. The Hall–Kier alpha value is -3.18. The lowest BCUT2D eigenvalue weighted by Crippen LogP contribution is -2.48. The van der Waals surface area contributed by atoms with Gasteiger partial charge in [0.05, 0.1) is 5.56 Å². The second-order valence-electron chi connectivity index (χ2n) is 8.44. The third-order valence-electron chi connectivity index (χ3n) is 5.77. The molecule has 0 spiro atoms. The number of nitrogens with zero attached hydrogens (tertiary/aromatic N) is 4. The molecule has 2 N–H and O–H groups in total. The van der Waals surface area contributed by atoms with Crippen LogP contribution in [0.3, 0.4) is 0 Å². The molecule has 2 heterocycles. The van der Waals surface area contributed by atoms with Crippen molar-refractivity contribution < 1.29 is 18.0 Å². The maximum absolute atomic E-state index is 12.6. The highest BCUT2D eigenvalue weighted by atomic mass is 32.1. The predicted molar refractivity (Wildman–Crippen MR) is 131 cm³/mol. The lowest BCUT2D eigenvalue weighted by Gasteiger charge is -2.34. The molecule has 2 amide bonds. The molecule has 7 nitrogen and oxygen atoms in total. The zero-order valence-corrected chi connectivity index (χ0v) is 20.1. The van der Waals surface area contributed by atoms with E-state index in [1.165, 1.54) is 34.8 Å². The summed E-state index contributed by atoms with van der Waals surface area (Å²) in [6.07, 6.45) is -3.68. The van der Waals surface area contributed by atoms with Crippen LogP contribution in [-0.4, -0.2) is 59.6 Å². The highest BCUT2D eigenvalue weighted by Crippen LogP contribution is 2.29. The number of aromatic nitrogens is 2. The molecule has 35 heavy (non-hydrogen) atoms. The number of hydrogen-bond donors (Lipinski definition) is 2. The Bertz CT molecular complexity index is 1110. The molecule has 0 atom stereocenters. The molecule has 1 aromatic heterocycles. The molecule has 1 aliphatic heterocycles. The van der Waals surface area contributed by atoms with Crippen molar-refractivity contribution in [3.05, 3.63) is 71.0 Å². The van der Waals surface area contributed by atoms with Gasteiger partial charge in [0.25, 0.3) is 0 Å². The number of amides is 2. The van der Waals surface area contributed by atoms with Gasteiger partial charge in [-0.1, -0.05) is 29.8 Å². The van der Waals surface area contributed by atoms with Crippen LogP contribution in [0, 0.1) is 6.92 Å². The molecule has 3 aromatic rings. The van der Waals surface area contributed by atoms with E-state index in [4.69, 9.17) is 4.98 Å². The van der Waals surface area contributed by atoms with Gasteiger partial charge in [0.1, 0.15) is 5.82 Å². The number of rotatable bonds is 7. The maximum Gasteiger partial charge on any atom is 0.416 e. The Morgan fingerprint density at radius 3 is 2.37 bits per heavy atom. The third-order valence-corrected chi connectivity index (χ3v) is 6.58. The minimum atomic E-state index is -4.40. The van der Waals surface area contributed by atoms with Gasteiger partial charge >= 0.3 is 12.2 Å². The molecule has 4 rings (SSSR count). The number of hydrogen-bond acceptors (Lipinski definition) is 6. The first-order valence-electron chi connectivity index (χ1n) is 11.3. The first-order chi connectivity index (χ1) is 16.8. The largest absolute Gasteiger partial charge is 0.416 e. The molecule has 1 aliphatic rings. The predicted octanol–water partition coefficient (Wildman–Crippen LogP) is 4.40. The molecule has 1 saturated heterocycles. The van der Waals surface area contributed by atoms with Crippen molar-refractivity contribution in [1.82, 2.24) is 19.6 Å². The number of alkyl halides is 3. The summed E-state index contributed by atoms with van der Waals surface area (Å²) in [6, 6.07) is 12.3. The Morgan fingerprint density at radius 1 is 1.03 bits per heavy atom. The molecule has 0 aliphatic carbocycles. The highest BCUT2D eigenvalue weighted by Gasteiger charge is 2.30. The Morgan fingerprint density at radius 2 is 1.71 bits per heavy atom. The van der Waals surface area contributed by atoms with E-state index in [-0.39, 0.29) is 0 Å². The number of aryl methyl sites for hydroxylation is 1. The SMILES string of the molecule is Cc1ccc(Cc2nsc(N3CCN(CCNC(=O)Nc4ccc(C(F)(F)F)cc4)CC3)n2)cc1. The molecule has 0 bridgehead atoms. The van der Waals surface area contributed by atoms with Crippen LogP contribution in [0.2, 0.25) is 0 Å². The van der Waals surface area contributed by atoms with Crippen molar-refractivity contribution in [3.8, 4) is 0 Å². The fourth-order valence-corrected chi connectivity index (χ4v) is 4.48. The van der Waals surface area contributed by atoms with Crippen LogP contribution < -0.4 is 15.5 Å². The van der Waals surface area contributed by atoms with Crippen molar-refractivity contribution in [1.29, 1.82) is 0 Å². The summed E-state index contributed by atoms with van der Waals surface area (Å²) in [7, 11) is 0. The van der Waals surface area contributed by atoms with Crippen LogP contribution in [0.15, 0.2) is 48.5 Å². The Balaban J connectivity index is 1.16. The van der Waals surface area contributed by atoms with Crippen molar-refractivity contribution in [3.63, 3.8) is 0 Å². The number of halogens is 3. The highest BCUT2D eigenvalue weighted by molar-refractivity contribution is 7.09. The van der Waals surface area contributed by atoms with Crippen LogP contribution >= 0.6 is 11.5 Å². The number of carbonyl (C=O) groups excluding carboxylic acids is 1. The smallest absolute Gasteiger partial charge is 0.344 e. The minimum absolute atomic E-state index is 0.308. The van der Waals surface area contributed by atoms with Gasteiger partial charge in [-0.3, -0.25) is 4.90 Å². The van der Waals surface area contributed by atoms with Gasteiger partial charge in [0.15, 0.2) is 0 Å². The summed E-state index contributed by atoms with van der Waals surface area (Å²) >= 11 is 1.42. The van der Waals surface area contributed by atoms with E-state index in [1.54, 1.807) is 0 Å². The quantitative estimate of drug-likeness (QED) is 0.499. The minimum Gasteiger partial charge on any atom is -0.344 e. The third kappa shape index (κ3) is 7.15.